The summed E-state index contributed by atoms with van der Waals surface area (Å²) < 4.78 is 5.74. The molecule has 128 valence electrons. The predicted octanol–water partition coefficient (Wildman–Crippen LogP) is 2.98. The van der Waals surface area contributed by atoms with E-state index in [9.17, 15) is 0 Å². The van der Waals surface area contributed by atoms with Gasteiger partial charge >= 0.3 is 0 Å². The van der Waals surface area contributed by atoms with Crippen molar-refractivity contribution in [3.8, 4) is 5.75 Å². The van der Waals surface area contributed by atoms with Crippen molar-refractivity contribution in [2.75, 3.05) is 37.7 Å². The van der Waals surface area contributed by atoms with Crippen LogP contribution in [0.5, 0.6) is 5.75 Å². The van der Waals surface area contributed by atoms with Crippen molar-refractivity contribution in [2.45, 2.75) is 26.3 Å². The molecule has 0 N–H and O–H groups in total. The van der Waals surface area contributed by atoms with Gasteiger partial charge in [-0.2, -0.15) is 5.10 Å². The van der Waals surface area contributed by atoms with Crippen molar-refractivity contribution in [2.24, 2.45) is 0 Å². The van der Waals surface area contributed by atoms with Gasteiger partial charge in [0, 0.05) is 38.9 Å². The molecule has 5 heteroatoms. The first-order valence-corrected chi connectivity index (χ1v) is 8.82. The normalized spacial score (nSPS) is 16.0. The zero-order valence-corrected chi connectivity index (χ0v) is 14.4. The molecule has 0 unspecified atom stereocenters. The van der Waals surface area contributed by atoms with Gasteiger partial charge in [-0.3, -0.25) is 4.90 Å². The van der Waals surface area contributed by atoms with Gasteiger partial charge in [-0.05, 0) is 42.7 Å². The number of anilines is 1. The topological polar surface area (TPSA) is 41.5 Å². The highest BCUT2D eigenvalue weighted by atomic mass is 16.5. The van der Waals surface area contributed by atoms with Gasteiger partial charge in [0.05, 0.1) is 6.61 Å². The first-order chi connectivity index (χ1) is 11.8. The monoisotopic (exact) mass is 326 g/mol. The van der Waals surface area contributed by atoms with Crippen molar-refractivity contribution in [3.63, 3.8) is 0 Å². The maximum Gasteiger partial charge on any atom is 0.151 e. The lowest BCUT2D eigenvalue weighted by atomic mass is 10.2. The summed E-state index contributed by atoms with van der Waals surface area (Å²) in [6, 6.07) is 12.5. The molecule has 0 bridgehead atoms. The van der Waals surface area contributed by atoms with Gasteiger partial charge in [-0.1, -0.05) is 19.1 Å². The minimum absolute atomic E-state index is 0.778. The van der Waals surface area contributed by atoms with Crippen LogP contribution in [0.15, 0.2) is 42.6 Å². The molecular formula is C19H26N4O. The lowest BCUT2D eigenvalue weighted by molar-refractivity contribution is 0.283. The third kappa shape index (κ3) is 4.68. The van der Waals surface area contributed by atoms with Crippen molar-refractivity contribution in [1.29, 1.82) is 0 Å². The van der Waals surface area contributed by atoms with Gasteiger partial charge in [-0.15, -0.1) is 5.10 Å². The third-order valence-electron chi connectivity index (χ3n) is 4.25. The van der Waals surface area contributed by atoms with Crippen molar-refractivity contribution in [1.82, 2.24) is 15.1 Å². The number of nitrogens with zero attached hydrogens (tertiary/aromatic N) is 4. The van der Waals surface area contributed by atoms with Gasteiger partial charge < -0.3 is 9.64 Å². The van der Waals surface area contributed by atoms with Gasteiger partial charge in [-0.25, -0.2) is 0 Å². The summed E-state index contributed by atoms with van der Waals surface area (Å²) in [5.74, 6) is 1.96. The number of aromatic nitrogens is 2. The molecule has 0 atom stereocenters. The number of hydrogen-bond donors (Lipinski definition) is 0. The van der Waals surface area contributed by atoms with E-state index in [0.29, 0.717) is 0 Å². The van der Waals surface area contributed by atoms with E-state index < -0.39 is 0 Å². The van der Waals surface area contributed by atoms with Crippen LogP contribution in [0.1, 0.15) is 25.3 Å². The molecule has 2 heterocycles. The van der Waals surface area contributed by atoms with E-state index >= 15 is 0 Å². The van der Waals surface area contributed by atoms with Gasteiger partial charge in [0.2, 0.25) is 0 Å². The Morgan fingerprint density at radius 3 is 2.88 bits per heavy atom. The second kappa shape index (κ2) is 8.64. The molecule has 5 nitrogen and oxygen atoms in total. The Morgan fingerprint density at radius 2 is 2.04 bits per heavy atom. The summed E-state index contributed by atoms with van der Waals surface area (Å²) >= 11 is 0. The summed E-state index contributed by atoms with van der Waals surface area (Å²) in [5, 5.41) is 8.23. The first kappa shape index (κ1) is 16.7. The number of benzene rings is 1. The van der Waals surface area contributed by atoms with E-state index in [2.05, 4.69) is 45.1 Å². The molecular weight excluding hydrogens is 300 g/mol. The summed E-state index contributed by atoms with van der Waals surface area (Å²) in [4.78, 5) is 4.84. The fourth-order valence-corrected chi connectivity index (χ4v) is 3.03. The molecule has 2 aromatic rings. The summed E-state index contributed by atoms with van der Waals surface area (Å²) in [7, 11) is 0. The van der Waals surface area contributed by atoms with Gasteiger partial charge in [0.1, 0.15) is 5.75 Å². The standard InChI is InChI=1S/C19H26N4O/c1-2-14-24-18-7-3-6-17(15-18)16-22-10-5-11-23(13-12-22)19-8-4-9-20-21-19/h3-4,6-9,15H,2,5,10-14,16H2,1H3. The van der Waals surface area contributed by atoms with Crippen molar-refractivity contribution in [3.05, 3.63) is 48.2 Å². The lowest BCUT2D eigenvalue weighted by Crippen LogP contribution is -2.31. The molecule has 0 amide bonds. The average Bonchev–Trinajstić information content (AvgIpc) is 2.87. The van der Waals surface area contributed by atoms with E-state index in [1.165, 1.54) is 5.56 Å². The Balaban J connectivity index is 1.57. The molecule has 0 radical (unpaired) electrons. The number of ether oxygens (including phenoxy) is 1. The van der Waals surface area contributed by atoms with Crippen LogP contribution in [0.4, 0.5) is 5.82 Å². The minimum Gasteiger partial charge on any atom is -0.494 e. The highest BCUT2D eigenvalue weighted by Crippen LogP contribution is 2.17. The van der Waals surface area contributed by atoms with E-state index in [1.807, 2.05) is 18.2 Å². The zero-order chi connectivity index (χ0) is 16.6. The minimum atomic E-state index is 0.778. The summed E-state index contributed by atoms with van der Waals surface area (Å²) in [6.07, 6.45) is 3.90. The highest BCUT2D eigenvalue weighted by molar-refractivity contribution is 5.36. The quantitative estimate of drug-likeness (QED) is 0.816. The molecule has 0 spiro atoms. The van der Waals surface area contributed by atoms with Crippen LogP contribution in [0.25, 0.3) is 0 Å². The SMILES string of the molecule is CCCOc1cccc(CN2CCCN(c3cccnn3)CC2)c1. The zero-order valence-electron chi connectivity index (χ0n) is 14.4. The van der Waals surface area contributed by atoms with Gasteiger partial charge in [0.25, 0.3) is 0 Å². The van der Waals surface area contributed by atoms with Crippen LogP contribution in [-0.4, -0.2) is 47.9 Å². The second-order valence-electron chi connectivity index (χ2n) is 6.19. The Kier molecular flexibility index (Phi) is 6.01. The molecule has 1 fully saturated rings. The van der Waals surface area contributed by atoms with Crippen LogP contribution in [0, 0.1) is 0 Å². The molecule has 0 aliphatic carbocycles. The Bertz CT molecular complexity index is 620. The fraction of sp³-hybridized carbons (Fsp3) is 0.474. The third-order valence-corrected chi connectivity index (χ3v) is 4.25. The van der Waals surface area contributed by atoms with E-state index in [1.54, 1.807) is 6.20 Å². The van der Waals surface area contributed by atoms with E-state index in [-0.39, 0.29) is 0 Å². The molecule has 1 saturated heterocycles. The van der Waals surface area contributed by atoms with E-state index in [0.717, 1.165) is 63.7 Å². The van der Waals surface area contributed by atoms with Crippen LogP contribution in [-0.2, 0) is 6.54 Å². The van der Waals surface area contributed by atoms with Crippen LogP contribution < -0.4 is 9.64 Å². The highest BCUT2D eigenvalue weighted by Gasteiger charge is 2.16. The fourth-order valence-electron chi connectivity index (χ4n) is 3.03. The largest absolute Gasteiger partial charge is 0.494 e. The molecule has 1 aliphatic heterocycles. The molecule has 1 aromatic carbocycles. The van der Waals surface area contributed by atoms with Crippen LogP contribution in [0.3, 0.4) is 0 Å². The maximum atomic E-state index is 5.74. The second-order valence-corrected chi connectivity index (χ2v) is 6.19. The van der Waals surface area contributed by atoms with Gasteiger partial charge in [0.15, 0.2) is 5.82 Å². The average molecular weight is 326 g/mol. The van der Waals surface area contributed by atoms with Crippen molar-refractivity contribution < 1.29 is 4.74 Å². The summed E-state index contributed by atoms with van der Waals surface area (Å²) in [6.45, 7) is 8.05. The Hall–Kier alpha value is -2.14. The molecule has 24 heavy (non-hydrogen) atoms. The molecule has 3 rings (SSSR count). The molecule has 0 saturated carbocycles. The maximum absolute atomic E-state index is 5.74. The Morgan fingerprint density at radius 1 is 1.08 bits per heavy atom. The molecule has 1 aliphatic rings. The lowest BCUT2D eigenvalue weighted by Gasteiger charge is -2.22. The first-order valence-electron chi connectivity index (χ1n) is 8.82. The van der Waals surface area contributed by atoms with Crippen molar-refractivity contribution >= 4 is 5.82 Å². The number of rotatable bonds is 6. The number of hydrogen-bond acceptors (Lipinski definition) is 5. The summed E-state index contributed by atoms with van der Waals surface area (Å²) in [5.41, 5.74) is 1.32. The van der Waals surface area contributed by atoms with Crippen LogP contribution >= 0.6 is 0 Å². The predicted molar refractivity (Wildman–Crippen MR) is 96.4 cm³/mol. The van der Waals surface area contributed by atoms with E-state index in [4.69, 9.17) is 4.74 Å². The molecule has 1 aromatic heterocycles. The smallest absolute Gasteiger partial charge is 0.151 e. The Labute approximate surface area is 144 Å². The van der Waals surface area contributed by atoms with Crippen LogP contribution in [0.2, 0.25) is 0 Å².